The van der Waals surface area contributed by atoms with Crippen molar-refractivity contribution in [1.82, 2.24) is 5.32 Å². The summed E-state index contributed by atoms with van der Waals surface area (Å²) in [5.41, 5.74) is 6.02. The van der Waals surface area contributed by atoms with Gasteiger partial charge in [0.15, 0.2) is 5.78 Å². The molecule has 0 amide bonds. The monoisotopic (exact) mass is 233 g/mol. The zero-order valence-electron chi connectivity index (χ0n) is 8.91. The summed E-state index contributed by atoms with van der Waals surface area (Å²) in [4.78, 5) is 15.0. The molecule has 0 aromatic carbocycles. The van der Waals surface area contributed by atoms with Crippen LogP contribution in [0.4, 0.5) is 0 Å². The van der Waals surface area contributed by atoms with Crippen LogP contribution in [-0.2, 0) is 4.79 Å². The van der Waals surface area contributed by atoms with Crippen LogP contribution in [0.5, 0.6) is 0 Å². The van der Waals surface area contributed by atoms with Gasteiger partial charge in [-0.3, -0.25) is 4.79 Å². The molecule has 1 aliphatic rings. The molecule has 1 aliphatic heterocycles. The molecule has 0 fully saturated rings. The number of hydrogen-bond acceptors (Lipinski definition) is 5. The predicted molar refractivity (Wildman–Crippen MR) is 51.3 cm³/mol. The molecule has 0 saturated carbocycles. The van der Waals surface area contributed by atoms with Gasteiger partial charge >= 0.3 is 51.4 Å². The minimum absolute atomic E-state index is 0. The minimum atomic E-state index is -0.409. The van der Waals surface area contributed by atoms with Crippen molar-refractivity contribution in [3.8, 4) is 0 Å². The quantitative estimate of drug-likeness (QED) is 0.482. The average Bonchev–Trinajstić information content (AvgIpc) is 2.17. The molecule has 0 unspecified atom stereocenters. The smallest absolute Gasteiger partial charge is 0.850 e. The van der Waals surface area contributed by atoms with E-state index in [1.165, 1.54) is 13.0 Å². The van der Waals surface area contributed by atoms with Gasteiger partial charge in [0.2, 0.25) is 0 Å². The fraction of sp³-hybridized carbons (Fsp3) is 0.333. The van der Waals surface area contributed by atoms with Gasteiger partial charge in [0.25, 0.3) is 0 Å². The number of Topliss-reactive ketones (excluding diaryl/α,β-unsaturated/α-hetero) is 1. The topological polar surface area (TPSA) is 90.5 Å². The molecule has 0 aromatic heterocycles. The number of aliphatic imine (C=N–C) groups is 1. The van der Waals surface area contributed by atoms with Gasteiger partial charge in [0.05, 0.1) is 0 Å². The molecule has 0 radical (unpaired) electrons. The van der Waals surface area contributed by atoms with E-state index in [0.717, 1.165) is 0 Å². The molecule has 0 bridgehead atoms. The summed E-state index contributed by atoms with van der Waals surface area (Å²) in [6, 6.07) is 0. The third kappa shape index (κ3) is 4.69. The number of nitrogens with two attached hydrogens (primary N) is 1. The van der Waals surface area contributed by atoms with E-state index in [1.54, 1.807) is 6.08 Å². The Morgan fingerprint density at radius 3 is 2.87 bits per heavy atom. The molecular formula is C9H12KN3O2. The van der Waals surface area contributed by atoms with Crippen molar-refractivity contribution in [3.05, 3.63) is 23.7 Å². The fourth-order valence-electron chi connectivity index (χ4n) is 1.02. The Kier molecular flexibility index (Phi) is 7.54. The van der Waals surface area contributed by atoms with E-state index in [0.29, 0.717) is 18.1 Å². The molecule has 0 saturated heterocycles. The molecule has 1 heterocycles. The van der Waals surface area contributed by atoms with Crippen LogP contribution in [0.25, 0.3) is 0 Å². The summed E-state index contributed by atoms with van der Waals surface area (Å²) in [7, 11) is 0. The van der Waals surface area contributed by atoms with E-state index in [2.05, 4.69) is 10.3 Å². The summed E-state index contributed by atoms with van der Waals surface area (Å²) in [5, 5.41) is 13.4. The van der Waals surface area contributed by atoms with Crippen LogP contribution in [0.2, 0.25) is 0 Å². The molecule has 76 valence electrons. The number of nitrogens with zero attached hydrogens (tertiary/aromatic N) is 1. The largest absolute Gasteiger partial charge is 1.00 e. The molecule has 0 atom stereocenters. The summed E-state index contributed by atoms with van der Waals surface area (Å²) in [6.07, 6.45) is 3.08. The van der Waals surface area contributed by atoms with Crippen molar-refractivity contribution in [2.24, 2.45) is 10.7 Å². The first-order valence-corrected chi connectivity index (χ1v) is 4.23. The van der Waals surface area contributed by atoms with Crippen molar-refractivity contribution in [1.29, 1.82) is 0 Å². The summed E-state index contributed by atoms with van der Waals surface area (Å²) >= 11 is 0. The summed E-state index contributed by atoms with van der Waals surface area (Å²) < 4.78 is 0. The maximum atomic E-state index is 11.0. The zero-order chi connectivity index (χ0) is 10.6. The Labute approximate surface area is 131 Å². The van der Waals surface area contributed by atoms with Crippen LogP contribution < -0.4 is 67.5 Å². The maximum Gasteiger partial charge on any atom is 1.00 e. The second-order valence-electron chi connectivity index (χ2n) is 2.82. The first-order chi connectivity index (χ1) is 6.67. The van der Waals surface area contributed by atoms with Crippen LogP contribution in [0.15, 0.2) is 28.7 Å². The number of nitrogens with one attached hydrogen (secondary N) is 1. The van der Waals surface area contributed by atoms with Crippen molar-refractivity contribution in [3.63, 3.8) is 0 Å². The number of allylic oxidation sites excluding steroid dienone is 1. The molecule has 6 heteroatoms. The second kappa shape index (κ2) is 7.45. The van der Waals surface area contributed by atoms with Crippen LogP contribution in [0, 0.1) is 0 Å². The first-order valence-electron chi connectivity index (χ1n) is 4.23. The molecule has 1 rings (SSSR count). The molecular weight excluding hydrogens is 221 g/mol. The van der Waals surface area contributed by atoms with E-state index < -0.39 is 6.61 Å². The summed E-state index contributed by atoms with van der Waals surface area (Å²) in [5.74, 6) is 0.298. The van der Waals surface area contributed by atoms with Gasteiger partial charge in [0.1, 0.15) is 11.5 Å². The van der Waals surface area contributed by atoms with Crippen LogP contribution in [0.1, 0.15) is 6.92 Å². The third-order valence-corrected chi connectivity index (χ3v) is 1.67. The molecule has 3 N–H and O–H groups in total. The van der Waals surface area contributed by atoms with Gasteiger partial charge in [-0.05, 0) is 12.2 Å². The van der Waals surface area contributed by atoms with E-state index in [9.17, 15) is 9.90 Å². The van der Waals surface area contributed by atoms with Gasteiger partial charge in [0, 0.05) is 19.2 Å². The number of rotatable bonds is 3. The SMILES string of the molecule is CC(=O)C1=N/C(=C/CN)NC(C[O-])=C1.[K+]. The van der Waals surface area contributed by atoms with Crippen LogP contribution in [-0.4, -0.2) is 24.6 Å². The first kappa shape index (κ1) is 15.2. The van der Waals surface area contributed by atoms with E-state index in [4.69, 9.17) is 5.73 Å². The second-order valence-corrected chi connectivity index (χ2v) is 2.82. The summed E-state index contributed by atoms with van der Waals surface area (Å²) in [6.45, 7) is 1.31. The molecule has 0 aromatic rings. The van der Waals surface area contributed by atoms with Crippen molar-refractivity contribution in [2.75, 3.05) is 13.2 Å². The number of carbonyl (C=O) groups excluding carboxylic acids is 1. The van der Waals surface area contributed by atoms with E-state index in [-0.39, 0.29) is 62.9 Å². The Morgan fingerprint density at radius 2 is 2.40 bits per heavy atom. The maximum absolute atomic E-state index is 11.0. The van der Waals surface area contributed by atoms with Crippen molar-refractivity contribution >= 4 is 11.5 Å². The van der Waals surface area contributed by atoms with Gasteiger partial charge in [-0.1, -0.05) is 6.61 Å². The number of ketones is 1. The predicted octanol–water partition coefficient (Wildman–Crippen LogP) is -4.33. The van der Waals surface area contributed by atoms with Gasteiger partial charge < -0.3 is 16.2 Å². The Morgan fingerprint density at radius 1 is 1.73 bits per heavy atom. The number of hydrogen-bond donors (Lipinski definition) is 2. The van der Waals surface area contributed by atoms with E-state index in [1.807, 2.05) is 0 Å². The molecule has 0 spiro atoms. The van der Waals surface area contributed by atoms with Gasteiger partial charge in [-0.25, -0.2) is 4.99 Å². The molecule has 5 nitrogen and oxygen atoms in total. The third-order valence-electron chi connectivity index (χ3n) is 1.67. The molecule has 0 aliphatic carbocycles. The molecule has 15 heavy (non-hydrogen) atoms. The zero-order valence-corrected chi connectivity index (χ0v) is 12.0. The Hall–Kier alpha value is 0.176. The standard InChI is InChI=1S/C9H12N3O2.K/c1-6(14)8-4-7(5-13)11-9(12-8)2-3-10;/h2,4,11H,3,5,10H2,1H3;/q-1;+1/b9-2+;. The Bertz CT molecular complexity index is 334. The van der Waals surface area contributed by atoms with E-state index >= 15 is 0 Å². The number of carbonyl (C=O) groups is 1. The normalized spacial score (nSPS) is 17.4. The van der Waals surface area contributed by atoms with Crippen molar-refractivity contribution in [2.45, 2.75) is 6.92 Å². The minimum Gasteiger partial charge on any atom is -0.850 e. The average molecular weight is 233 g/mol. The Balaban J connectivity index is 0.00000196. The van der Waals surface area contributed by atoms with Gasteiger partial charge in [-0.2, -0.15) is 0 Å². The van der Waals surface area contributed by atoms with Crippen LogP contribution >= 0.6 is 0 Å². The fourth-order valence-corrected chi connectivity index (χ4v) is 1.02. The van der Waals surface area contributed by atoms with Crippen LogP contribution in [0.3, 0.4) is 0 Å². The van der Waals surface area contributed by atoms with Gasteiger partial charge in [-0.15, -0.1) is 0 Å². The van der Waals surface area contributed by atoms with Crippen molar-refractivity contribution < 1.29 is 61.3 Å².